The number of hydrogen-bond donors (Lipinski definition) is 3. The number of benzene rings is 2. The predicted octanol–water partition coefficient (Wildman–Crippen LogP) is 5.52. The molecule has 0 bridgehead atoms. The highest BCUT2D eigenvalue weighted by Gasteiger charge is 2.47. The van der Waals surface area contributed by atoms with E-state index in [9.17, 15) is 31.9 Å². The Bertz CT molecular complexity index is 1150. The average molecular weight is 525 g/mol. The topological polar surface area (TPSA) is 61.4 Å². The number of halogens is 5. The van der Waals surface area contributed by atoms with Crippen molar-refractivity contribution in [2.45, 2.75) is 82.2 Å². The van der Waals surface area contributed by atoms with E-state index >= 15 is 0 Å². The molecule has 4 rings (SSSR count). The SMILES string of the molecule is CC(C)(C)c1cccc(C2(NCC(O)C3Cc4cc(F)cc(F)c4C(=O)N3)CCC(C(F)(F)F)CC2)c1. The van der Waals surface area contributed by atoms with Gasteiger partial charge in [-0.15, -0.1) is 0 Å². The van der Waals surface area contributed by atoms with E-state index in [2.05, 4.69) is 31.4 Å². The van der Waals surface area contributed by atoms with Crippen molar-refractivity contribution in [2.24, 2.45) is 5.92 Å². The van der Waals surface area contributed by atoms with Gasteiger partial charge in [-0.05, 0) is 60.3 Å². The van der Waals surface area contributed by atoms with Crippen molar-refractivity contribution in [3.63, 3.8) is 0 Å². The Morgan fingerprint density at radius 3 is 2.41 bits per heavy atom. The van der Waals surface area contributed by atoms with Gasteiger partial charge in [0.15, 0.2) is 0 Å². The molecule has 0 saturated heterocycles. The molecule has 0 spiro atoms. The van der Waals surface area contributed by atoms with E-state index < -0.39 is 47.3 Å². The number of rotatable bonds is 5. The molecule has 1 aliphatic carbocycles. The summed E-state index contributed by atoms with van der Waals surface area (Å²) in [7, 11) is 0. The fourth-order valence-corrected chi connectivity index (χ4v) is 5.53. The maximum atomic E-state index is 14.1. The van der Waals surface area contributed by atoms with Crippen molar-refractivity contribution in [1.82, 2.24) is 10.6 Å². The zero-order valence-electron chi connectivity index (χ0n) is 21.2. The van der Waals surface area contributed by atoms with E-state index in [0.717, 1.165) is 17.2 Å². The molecule has 1 aliphatic heterocycles. The van der Waals surface area contributed by atoms with Crippen LogP contribution in [0.3, 0.4) is 0 Å². The molecule has 2 aromatic rings. The van der Waals surface area contributed by atoms with Crippen LogP contribution in [0, 0.1) is 17.6 Å². The number of fused-ring (bicyclic) bond motifs is 1. The van der Waals surface area contributed by atoms with Gasteiger partial charge in [-0.25, -0.2) is 8.78 Å². The molecule has 1 fully saturated rings. The highest BCUT2D eigenvalue weighted by atomic mass is 19.4. The summed E-state index contributed by atoms with van der Waals surface area (Å²) in [5.74, 6) is -3.88. The molecular weight excluding hydrogens is 491 g/mol. The van der Waals surface area contributed by atoms with Crippen LogP contribution in [0.15, 0.2) is 36.4 Å². The monoisotopic (exact) mass is 524 g/mol. The lowest BCUT2D eigenvalue weighted by Crippen LogP contribution is -2.55. The van der Waals surface area contributed by atoms with Crippen molar-refractivity contribution in [3.8, 4) is 0 Å². The first-order valence-electron chi connectivity index (χ1n) is 12.6. The van der Waals surface area contributed by atoms with Gasteiger partial charge in [0.1, 0.15) is 11.6 Å². The van der Waals surface area contributed by atoms with Gasteiger partial charge < -0.3 is 15.7 Å². The van der Waals surface area contributed by atoms with Crippen molar-refractivity contribution in [2.75, 3.05) is 6.54 Å². The summed E-state index contributed by atoms with van der Waals surface area (Å²) in [5.41, 5.74) is 0.880. The first-order valence-corrected chi connectivity index (χ1v) is 12.6. The first-order chi connectivity index (χ1) is 17.2. The van der Waals surface area contributed by atoms with Crippen LogP contribution in [0.25, 0.3) is 0 Å². The molecule has 0 aromatic heterocycles. The van der Waals surface area contributed by atoms with Crippen LogP contribution in [0.5, 0.6) is 0 Å². The smallest absolute Gasteiger partial charge is 0.390 e. The standard InChI is InChI=1S/C28H33F5N2O2/c1-26(2,3)18-5-4-6-19(13-18)27(9-7-17(8-10-27)28(31,32)33)34-15-23(36)22-12-16-11-20(29)14-21(30)24(16)25(37)35-22/h4-6,11,13-14,17,22-23,34,36H,7-10,12,15H2,1-3H3,(H,35,37). The minimum Gasteiger partial charge on any atom is -0.390 e. The quantitative estimate of drug-likeness (QED) is 0.452. The van der Waals surface area contributed by atoms with Gasteiger partial charge in [0.25, 0.3) is 5.91 Å². The second-order valence-corrected chi connectivity index (χ2v) is 11.4. The molecule has 9 heteroatoms. The summed E-state index contributed by atoms with van der Waals surface area (Å²) in [4.78, 5) is 12.5. The third kappa shape index (κ3) is 5.82. The van der Waals surface area contributed by atoms with Crippen molar-refractivity contribution >= 4 is 5.91 Å². The zero-order valence-corrected chi connectivity index (χ0v) is 21.2. The van der Waals surface area contributed by atoms with Crippen molar-refractivity contribution in [3.05, 3.63) is 70.3 Å². The molecule has 202 valence electrons. The van der Waals surface area contributed by atoms with Crippen LogP contribution < -0.4 is 10.6 Å². The van der Waals surface area contributed by atoms with E-state index in [1.807, 2.05) is 24.3 Å². The lowest BCUT2D eigenvalue weighted by molar-refractivity contribution is -0.185. The minimum absolute atomic E-state index is 0.0193. The number of alkyl halides is 3. The van der Waals surface area contributed by atoms with E-state index in [-0.39, 0.29) is 55.2 Å². The average Bonchev–Trinajstić information content (AvgIpc) is 2.81. The minimum atomic E-state index is -4.26. The van der Waals surface area contributed by atoms with Crippen LogP contribution in [0.1, 0.15) is 73.5 Å². The Kier molecular flexibility index (Phi) is 7.42. The van der Waals surface area contributed by atoms with Crippen LogP contribution in [0.4, 0.5) is 22.0 Å². The second kappa shape index (κ2) is 9.98. The largest absolute Gasteiger partial charge is 0.391 e. The number of nitrogens with one attached hydrogen (secondary N) is 2. The number of carbonyl (C=O) groups is 1. The van der Waals surface area contributed by atoms with Gasteiger partial charge in [0.05, 0.1) is 23.6 Å². The molecular formula is C28H33F5N2O2. The number of aliphatic hydroxyl groups excluding tert-OH is 1. The Labute approximate surface area is 213 Å². The molecule has 3 N–H and O–H groups in total. The normalized spacial score (nSPS) is 25.4. The van der Waals surface area contributed by atoms with Gasteiger partial charge in [-0.3, -0.25) is 4.79 Å². The van der Waals surface area contributed by atoms with E-state index in [1.54, 1.807) is 0 Å². The molecule has 1 saturated carbocycles. The summed E-state index contributed by atoms with van der Waals surface area (Å²) < 4.78 is 68.2. The van der Waals surface area contributed by atoms with Crippen molar-refractivity contribution < 1.29 is 31.9 Å². The highest BCUT2D eigenvalue weighted by molar-refractivity contribution is 5.97. The first kappa shape index (κ1) is 27.5. The zero-order chi connectivity index (χ0) is 27.2. The Morgan fingerprint density at radius 1 is 1.11 bits per heavy atom. The second-order valence-electron chi connectivity index (χ2n) is 11.4. The van der Waals surface area contributed by atoms with Crippen LogP contribution in [-0.2, 0) is 17.4 Å². The van der Waals surface area contributed by atoms with Gasteiger partial charge in [0.2, 0.25) is 0 Å². The summed E-state index contributed by atoms with van der Waals surface area (Å²) in [6, 6.07) is 8.71. The van der Waals surface area contributed by atoms with Crippen LogP contribution in [-0.4, -0.2) is 35.9 Å². The fourth-order valence-electron chi connectivity index (χ4n) is 5.53. The van der Waals surface area contributed by atoms with Gasteiger partial charge >= 0.3 is 6.18 Å². The molecule has 0 radical (unpaired) electrons. The molecule has 37 heavy (non-hydrogen) atoms. The summed E-state index contributed by atoms with van der Waals surface area (Å²) in [6.45, 7) is 6.16. The van der Waals surface area contributed by atoms with E-state index in [0.29, 0.717) is 6.07 Å². The summed E-state index contributed by atoms with van der Waals surface area (Å²) >= 11 is 0. The van der Waals surface area contributed by atoms with E-state index in [4.69, 9.17) is 0 Å². The third-order valence-corrected chi connectivity index (χ3v) is 7.82. The Hall–Kier alpha value is -2.52. The maximum Gasteiger partial charge on any atom is 0.391 e. The number of hydrogen-bond acceptors (Lipinski definition) is 3. The third-order valence-electron chi connectivity index (χ3n) is 7.82. The molecule has 2 aliphatic rings. The maximum absolute atomic E-state index is 14.1. The van der Waals surface area contributed by atoms with Gasteiger partial charge in [-0.2, -0.15) is 13.2 Å². The summed E-state index contributed by atoms with van der Waals surface area (Å²) in [5, 5.41) is 16.9. The van der Waals surface area contributed by atoms with Gasteiger partial charge in [-0.1, -0.05) is 45.0 Å². The number of aliphatic hydroxyl groups is 1. The Balaban J connectivity index is 1.56. The Morgan fingerprint density at radius 2 is 1.78 bits per heavy atom. The lowest BCUT2D eigenvalue weighted by Gasteiger charge is -2.43. The summed E-state index contributed by atoms with van der Waals surface area (Å²) in [6.07, 6.45) is -4.99. The van der Waals surface area contributed by atoms with E-state index in [1.165, 1.54) is 0 Å². The molecule has 2 atom stereocenters. The molecule has 1 heterocycles. The number of carbonyl (C=O) groups excluding carboxylic acids is 1. The predicted molar refractivity (Wildman–Crippen MR) is 130 cm³/mol. The lowest BCUT2D eigenvalue weighted by atomic mass is 9.71. The molecule has 2 unspecified atom stereocenters. The van der Waals surface area contributed by atoms with Crippen molar-refractivity contribution in [1.29, 1.82) is 0 Å². The van der Waals surface area contributed by atoms with Crippen LogP contribution in [0.2, 0.25) is 0 Å². The van der Waals surface area contributed by atoms with Crippen LogP contribution >= 0.6 is 0 Å². The number of amides is 1. The van der Waals surface area contributed by atoms with Gasteiger partial charge in [0, 0.05) is 18.2 Å². The fraction of sp³-hybridized carbons (Fsp3) is 0.536. The molecule has 1 amide bonds. The molecule has 4 nitrogen and oxygen atoms in total. The molecule has 2 aromatic carbocycles. The highest BCUT2D eigenvalue weighted by Crippen LogP contribution is 2.46.